The minimum absolute atomic E-state index is 0.0419. The molecule has 1 N–H and O–H groups in total. The molecule has 0 aliphatic rings. The number of carbonyl (C=O) groups excluding carboxylic acids is 1. The van der Waals surface area contributed by atoms with Gasteiger partial charge in [-0.2, -0.15) is 0 Å². The SMILES string of the molecule is CCSc1ccc(Cl)cc1NC(=O)CC(C)C. The van der Waals surface area contributed by atoms with Gasteiger partial charge in [-0.1, -0.05) is 32.4 Å². The van der Waals surface area contributed by atoms with Crippen LogP contribution < -0.4 is 5.32 Å². The van der Waals surface area contributed by atoms with Gasteiger partial charge in [0.2, 0.25) is 5.91 Å². The van der Waals surface area contributed by atoms with Crippen molar-refractivity contribution in [1.29, 1.82) is 0 Å². The highest BCUT2D eigenvalue weighted by molar-refractivity contribution is 7.99. The van der Waals surface area contributed by atoms with E-state index in [-0.39, 0.29) is 5.91 Å². The van der Waals surface area contributed by atoms with E-state index in [9.17, 15) is 4.79 Å². The van der Waals surface area contributed by atoms with Crippen LogP contribution in [0.25, 0.3) is 0 Å². The molecule has 17 heavy (non-hydrogen) atoms. The van der Waals surface area contributed by atoms with Crippen molar-refractivity contribution in [2.45, 2.75) is 32.1 Å². The van der Waals surface area contributed by atoms with Crippen LogP contribution in [0.15, 0.2) is 23.1 Å². The highest BCUT2D eigenvalue weighted by atomic mass is 35.5. The summed E-state index contributed by atoms with van der Waals surface area (Å²) in [6, 6.07) is 5.59. The highest BCUT2D eigenvalue weighted by Crippen LogP contribution is 2.30. The molecule has 1 rings (SSSR count). The minimum atomic E-state index is 0.0419. The zero-order valence-electron chi connectivity index (χ0n) is 10.4. The van der Waals surface area contributed by atoms with E-state index in [1.807, 2.05) is 26.0 Å². The number of anilines is 1. The van der Waals surface area contributed by atoms with Crippen molar-refractivity contribution < 1.29 is 4.79 Å². The van der Waals surface area contributed by atoms with Crippen molar-refractivity contribution in [2.24, 2.45) is 5.92 Å². The fourth-order valence-electron chi connectivity index (χ4n) is 1.45. The minimum Gasteiger partial charge on any atom is -0.325 e. The van der Waals surface area contributed by atoms with E-state index in [0.717, 1.165) is 16.3 Å². The molecule has 0 saturated carbocycles. The van der Waals surface area contributed by atoms with Gasteiger partial charge in [0.1, 0.15) is 0 Å². The summed E-state index contributed by atoms with van der Waals surface area (Å²) in [4.78, 5) is 12.8. The van der Waals surface area contributed by atoms with Gasteiger partial charge in [0.15, 0.2) is 0 Å². The Morgan fingerprint density at radius 3 is 2.76 bits per heavy atom. The predicted molar refractivity (Wildman–Crippen MR) is 75.9 cm³/mol. The number of hydrogen-bond acceptors (Lipinski definition) is 2. The normalized spacial score (nSPS) is 10.6. The van der Waals surface area contributed by atoms with Crippen molar-refractivity contribution in [1.82, 2.24) is 0 Å². The molecule has 0 aromatic heterocycles. The van der Waals surface area contributed by atoms with Crippen LogP contribution in [0.4, 0.5) is 5.69 Å². The first-order valence-electron chi connectivity index (χ1n) is 5.75. The number of benzene rings is 1. The quantitative estimate of drug-likeness (QED) is 0.803. The third-order valence-corrected chi connectivity index (χ3v) is 3.30. The largest absolute Gasteiger partial charge is 0.325 e. The van der Waals surface area contributed by atoms with Gasteiger partial charge in [-0.3, -0.25) is 4.79 Å². The fourth-order valence-corrected chi connectivity index (χ4v) is 2.37. The summed E-state index contributed by atoms with van der Waals surface area (Å²) in [6.45, 7) is 6.14. The molecule has 0 unspecified atom stereocenters. The topological polar surface area (TPSA) is 29.1 Å². The molecule has 1 amide bonds. The summed E-state index contributed by atoms with van der Waals surface area (Å²) in [5, 5.41) is 3.57. The van der Waals surface area contributed by atoms with E-state index in [1.165, 1.54) is 0 Å². The lowest BCUT2D eigenvalue weighted by Crippen LogP contribution is -2.14. The summed E-state index contributed by atoms with van der Waals surface area (Å²) >= 11 is 7.64. The third kappa shape index (κ3) is 5.00. The number of carbonyl (C=O) groups is 1. The zero-order chi connectivity index (χ0) is 12.8. The fraction of sp³-hybridized carbons (Fsp3) is 0.462. The average Bonchev–Trinajstić information content (AvgIpc) is 2.21. The molecule has 0 radical (unpaired) electrons. The maximum absolute atomic E-state index is 11.7. The second kappa shape index (κ2) is 6.92. The van der Waals surface area contributed by atoms with Crippen molar-refractivity contribution in [3.63, 3.8) is 0 Å². The van der Waals surface area contributed by atoms with Crippen LogP contribution in [0.1, 0.15) is 27.2 Å². The second-order valence-corrected chi connectivity index (χ2v) is 5.96. The summed E-state index contributed by atoms with van der Waals surface area (Å²) < 4.78 is 0. The molecular formula is C13H18ClNOS. The van der Waals surface area contributed by atoms with E-state index in [2.05, 4.69) is 12.2 Å². The molecule has 0 saturated heterocycles. The second-order valence-electron chi connectivity index (χ2n) is 4.22. The number of nitrogens with one attached hydrogen (secondary N) is 1. The molecule has 2 nitrogen and oxygen atoms in total. The molecule has 94 valence electrons. The smallest absolute Gasteiger partial charge is 0.224 e. The van der Waals surface area contributed by atoms with Gasteiger partial charge < -0.3 is 5.32 Å². The molecule has 4 heteroatoms. The maximum Gasteiger partial charge on any atom is 0.224 e. The highest BCUT2D eigenvalue weighted by Gasteiger charge is 2.09. The number of hydrogen-bond donors (Lipinski definition) is 1. The maximum atomic E-state index is 11.7. The lowest BCUT2D eigenvalue weighted by Gasteiger charge is -2.11. The average molecular weight is 272 g/mol. The van der Waals surface area contributed by atoms with Gasteiger partial charge in [-0.25, -0.2) is 0 Å². The molecule has 0 bridgehead atoms. The first-order valence-corrected chi connectivity index (χ1v) is 7.11. The molecule has 0 aliphatic heterocycles. The Hall–Kier alpha value is -0.670. The van der Waals surface area contributed by atoms with Crippen LogP contribution in [-0.2, 0) is 4.79 Å². The van der Waals surface area contributed by atoms with Crippen LogP contribution in [0.3, 0.4) is 0 Å². The van der Waals surface area contributed by atoms with E-state index < -0.39 is 0 Å². The van der Waals surface area contributed by atoms with Crippen molar-refractivity contribution in [2.75, 3.05) is 11.1 Å². The standard InChI is InChI=1S/C13H18ClNOS/c1-4-17-12-6-5-10(14)8-11(12)15-13(16)7-9(2)3/h5-6,8-9H,4,7H2,1-3H3,(H,15,16). The van der Waals surface area contributed by atoms with Gasteiger partial charge in [-0.15, -0.1) is 11.8 Å². The Morgan fingerprint density at radius 1 is 1.47 bits per heavy atom. The van der Waals surface area contributed by atoms with Gasteiger partial charge in [0.25, 0.3) is 0 Å². The molecular weight excluding hydrogens is 254 g/mol. The molecule has 0 aliphatic carbocycles. The van der Waals surface area contributed by atoms with Crippen molar-refractivity contribution >= 4 is 35.0 Å². The third-order valence-electron chi connectivity index (χ3n) is 2.11. The Labute approximate surface area is 112 Å². The molecule has 0 atom stereocenters. The zero-order valence-corrected chi connectivity index (χ0v) is 12.0. The Morgan fingerprint density at radius 2 is 2.18 bits per heavy atom. The molecule has 0 spiro atoms. The van der Waals surface area contributed by atoms with Gasteiger partial charge in [-0.05, 0) is 29.9 Å². The first kappa shape index (κ1) is 14.4. The number of thioether (sulfide) groups is 1. The van der Waals surface area contributed by atoms with Crippen LogP contribution in [-0.4, -0.2) is 11.7 Å². The van der Waals surface area contributed by atoms with Crippen LogP contribution in [0.2, 0.25) is 5.02 Å². The van der Waals surface area contributed by atoms with E-state index in [0.29, 0.717) is 17.4 Å². The Kier molecular flexibility index (Phi) is 5.86. The molecule has 0 fully saturated rings. The summed E-state index contributed by atoms with van der Waals surface area (Å²) in [6.07, 6.45) is 0.531. The summed E-state index contributed by atoms with van der Waals surface area (Å²) in [5.74, 6) is 1.37. The van der Waals surface area contributed by atoms with Gasteiger partial charge in [0.05, 0.1) is 5.69 Å². The number of amides is 1. The van der Waals surface area contributed by atoms with E-state index in [1.54, 1.807) is 17.8 Å². The Bertz CT molecular complexity index is 393. The number of rotatable bonds is 5. The summed E-state index contributed by atoms with van der Waals surface area (Å²) in [7, 11) is 0. The molecule has 0 heterocycles. The van der Waals surface area contributed by atoms with Gasteiger partial charge in [0, 0.05) is 16.3 Å². The lowest BCUT2D eigenvalue weighted by molar-refractivity contribution is -0.116. The summed E-state index contributed by atoms with van der Waals surface area (Å²) in [5.41, 5.74) is 0.815. The predicted octanol–water partition coefficient (Wildman–Crippen LogP) is 4.44. The van der Waals surface area contributed by atoms with Crippen LogP contribution >= 0.6 is 23.4 Å². The first-order chi connectivity index (χ1) is 8.02. The van der Waals surface area contributed by atoms with Crippen LogP contribution in [0.5, 0.6) is 0 Å². The molecule has 1 aromatic rings. The van der Waals surface area contributed by atoms with Crippen molar-refractivity contribution in [3.05, 3.63) is 23.2 Å². The van der Waals surface area contributed by atoms with E-state index >= 15 is 0 Å². The Balaban J connectivity index is 2.80. The van der Waals surface area contributed by atoms with Crippen LogP contribution in [0, 0.1) is 5.92 Å². The van der Waals surface area contributed by atoms with E-state index in [4.69, 9.17) is 11.6 Å². The number of halogens is 1. The lowest BCUT2D eigenvalue weighted by atomic mass is 10.1. The van der Waals surface area contributed by atoms with Gasteiger partial charge >= 0.3 is 0 Å². The molecule has 1 aromatic carbocycles. The monoisotopic (exact) mass is 271 g/mol. The van der Waals surface area contributed by atoms with Crippen molar-refractivity contribution in [3.8, 4) is 0 Å².